The van der Waals surface area contributed by atoms with E-state index in [0.29, 0.717) is 6.42 Å². The smallest absolute Gasteiger partial charge is 0.221 e. The third-order valence-electron chi connectivity index (χ3n) is 5.07. The number of hydrogen-bond donors (Lipinski definition) is 1. The van der Waals surface area contributed by atoms with E-state index in [1.54, 1.807) is 0 Å². The van der Waals surface area contributed by atoms with E-state index in [4.69, 9.17) is 0 Å². The van der Waals surface area contributed by atoms with Crippen LogP contribution in [0.1, 0.15) is 42.1 Å². The number of hydrogen-bond acceptors (Lipinski definition) is 2. The van der Waals surface area contributed by atoms with Crippen LogP contribution in [0.5, 0.6) is 0 Å². The molecule has 28 heavy (non-hydrogen) atoms. The molecule has 2 aromatic carbocycles. The number of fused-ring (bicyclic) bond motifs is 1. The van der Waals surface area contributed by atoms with Crippen LogP contribution in [-0.2, 0) is 4.79 Å². The second-order valence-electron chi connectivity index (χ2n) is 6.98. The van der Waals surface area contributed by atoms with Crippen molar-refractivity contribution in [3.63, 3.8) is 0 Å². The molecule has 4 aromatic rings. The van der Waals surface area contributed by atoms with Gasteiger partial charge in [0.25, 0.3) is 0 Å². The molecule has 4 heteroatoms. The summed E-state index contributed by atoms with van der Waals surface area (Å²) in [6.07, 6.45) is 4.24. The molecule has 0 saturated heterocycles. The minimum absolute atomic E-state index is 0.0242. The summed E-state index contributed by atoms with van der Waals surface area (Å²) in [7, 11) is 0. The first kappa shape index (κ1) is 18.0. The maximum Gasteiger partial charge on any atom is 0.221 e. The molecule has 1 N–H and O–H groups in total. The van der Waals surface area contributed by atoms with Gasteiger partial charge < -0.3 is 9.72 Å². The van der Waals surface area contributed by atoms with Gasteiger partial charge in [-0.25, -0.2) is 4.98 Å². The van der Waals surface area contributed by atoms with Crippen molar-refractivity contribution in [2.24, 2.45) is 0 Å². The molecule has 2 unspecified atom stereocenters. The number of rotatable bonds is 6. The van der Waals surface area contributed by atoms with Gasteiger partial charge in [0.1, 0.15) is 5.65 Å². The quantitative estimate of drug-likeness (QED) is 0.534. The summed E-state index contributed by atoms with van der Waals surface area (Å²) in [4.78, 5) is 17.4. The number of aromatic nitrogens is 2. The largest absolute Gasteiger partial charge is 0.350 e. The van der Waals surface area contributed by atoms with Crippen LogP contribution in [-0.4, -0.2) is 15.3 Å². The predicted octanol–water partition coefficient (Wildman–Crippen LogP) is 4.73. The Kier molecular flexibility index (Phi) is 5.20. The monoisotopic (exact) mass is 369 g/mol. The highest BCUT2D eigenvalue weighted by molar-refractivity contribution is 5.78. The minimum Gasteiger partial charge on any atom is -0.350 e. The zero-order chi connectivity index (χ0) is 19.3. The van der Waals surface area contributed by atoms with Gasteiger partial charge in [-0.15, -0.1) is 0 Å². The molecule has 4 rings (SSSR count). The molecule has 1 amide bonds. The van der Waals surface area contributed by atoms with Crippen LogP contribution in [0.3, 0.4) is 0 Å². The van der Waals surface area contributed by atoms with Crippen LogP contribution in [0.15, 0.2) is 91.3 Å². The molecular formula is C24H23N3O. The van der Waals surface area contributed by atoms with E-state index in [1.807, 2.05) is 86.0 Å². The number of nitrogens with one attached hydrogen (secondary N) is 1. The van der Waals surface area contributed by atoms with Gasteiger partial charge in [-0.3, -0.25) is 4.79 Å². The van der Waals surface area contributed by atoms with Gasteiger partial charge in [0, 0.05) is 24.7 Å². The number of imidazole rings is 1. The van der Waals surface area contributed by atoms with Crippen molar-refractivity contribution in [2.75, 3.05) is 0 Å². The third-order valence-corrected chi connectivity index (χ3v) is 5.07. The average molecular weight is 369 g/mol. The molecule has 2 heterocycles. The molecule has 0 fully saturated rings. The molecule has 0 aliphatic rings. The van der Waals surface area contributed by atoms with Crippen LogP contribution in [0.25, 0.3) is 5.65 Å². The normalized spacial score (nSPS) is 13.2. The molecule has 140 valence electrons. The van der Waals surface area contributed by atoms with Gasteiger partial charge in [-0.1, -0.05) is 66.7 Å². The fourth-order valence-electron chi connectivity index (χ4n) is 3.60. The summed E-state index contributed by atoms with van der Waals surface area (Å²) >= 11 is 0. The van der Waals surface area contributed by atoms with E-state index in [9.17, 15) is 4.79 Å². The summed E-state index contributed by atoms with van der Waals surface area (Å²) < 4.78 is 2.06. The fraction of sp³-hybridized carbons (Fsp3) is 0.167. The van der Waals surface area contributed by atoms with E-state index >= 15 is 0 Å². The van der Waals surface area contributed by atoms with Crippen LogP contribution < -0.4 is 5.32 Å². The SMILES string of the molecule is CC(NC(=O)CC(c1ccccc1)c1cnc2ccccn12)c1ccccc1. The standard InChI is InChI=1S/C24H23N3O/c1-18(19-10-4-2-5-11-19)26-24(28)16-21(20-12-6-3-7-13-20)22-17-25-23-14-8-9-15-27(22)23/h2-15,17-18,21H,16H2,1H3,(H,26,28). The summed E-state index contributed by atoms with van der Waals surface area (Å²) in [5.74, 6) is -0.0438. The lowest BCUT2D eigenvalue weighted by atomic mass is 9.92. The second kappa shape index (κ2) is 8.09. The van der Waals surface area contributed by atoms with Crippen LogP contribution in [0.4, 0.5) is 0 Å². The van der Waals surface area contributed by atoms with E-state index in [-0.39, 0.29) is 17.9 Å². The second-order valence-corrected chi connectivity index (χ2v) is 6.98. The third kappa shape index (κ3) is 3.81. The van der Waals surface area contributed by atoms with Gasteiger partial charge >= 0.3 is 0 Å². The van der Waals surface area contributed by atoms with Crippen molar-refractivity contribution >= 4 is 11.6 Å². The van der Waals surface area contributed by atoms with E-state index in [1.165, 1.54) is 0 Å². The Balaban J connectivity index is 1.61. The summed E-state index contributed by atoms with van der Waals surface area (Å²) in [5, 5.41) is 3.14. The molecule has 0 aliphatic carbocycles. The number of carbonyl (C=O) groups excluding carboxylic acids is 1. The lowest BCUT2D eigenvalue weighted by Crippen LogP contribution is -2.28. The average Bonchev–Trinajstić information content (AvgIpc) is 3.17. The molecule has 4 nitrogen and oxygen atoms in total. The number of nitrogens with zero attached hydrogens (tertiary/aromatic N) is 2. The Morgan fingerprint density at radius 1 is 0.929 bits per heavy atom. The number of carbonyl (C=O) groups is 1. The van der Waals surface area contributed by atoms with Crippen LogP contribution >= 0.6 is 0 Å². The van der Waals surface area contributed by atoms with Crippen molar-refractivity contribution < 1.29 is 4.79 Å². The van der Waals surface area contributed by atoms with Crippen molar-refractivity contribution in [3.05, 3.63) is 108 Å². The first-order chi connectivity index (χ1) is 13.7. The zero-order valence-electron chi connectivity index (χ0n) is 15.8. The molecule has 2 aromatic heterocycles. The first-order valence-corrected chi connectivity index (χ1v) is 9.53. The Labute approximate surface area is 164 Å². The van der Waals surface area contributed by atoms with Gasteiger partial charge in [0.05, 0.1) is 11.7 Å². The maximum atomic E-state index is 12.9. The van der Waals surface area contributed by atoms with Crippen molar-refractivity contribution in [2.45, 2.75) is 25.3 Å². The topological polar surface area (TPSA) is 46.4 Å². The molecule has 0 spiro atoms. The fourth-order valence-corrected chi connectivity index (χ4v) is 3.60. The van der Waals surface area contributed by atoms with Gasteiger partial charge in [0.2, 0.25) is 5.91 Å². The Morgan fingerprint density at radius 3 is 2.29 bits per heavy atom. The maximum absolute atomic E-state index is 12.9. The summed E-state index contributed by atoms with van der Waals surface area (Å²) in [5.41, 5.74) is 4.11. The highest BCUT2D eigenvalue weighted by Crippen LogP contribution is 2.29. The highest BCUT2D eigenvalue weighted by Gasteiger charge is 2.22. The number of pyridine rings is 1. The minimum atomic E-state index is -0.0680. The van der Waals surface area contributed by atoms with E-state index in [2.05, 4.69) is 26.8 Å². The Bertz CT molecular complexity index is 1060. The first-order valence-electron chi connectivity index (χ1n) is 9.53. The van der Waals surface area contributed by atoms with Crippen molar-refractivity contribution in [1.29, 1.82) is 0 Å². The lowest BCUT2D eigenvalue weighted by Gasteiger charge is -2.20. The number of amides is 1. The molecule has 0 aliphatic heterocycles. The summed E-state index contributed by atoms with van der Waals surface area (Å²) in [6.45, 7) is 2.01. The Hall–Kier alpha value is -3.40. The van der Waals surface area contributed by atoms with Crippen molar-refractivity contribution in [1.82, 2.24) is 14.7 Å². The van der Waals surface area contributed by atoms with Crippen LogP contribution in [0, 0.1) is 0 Å². The van der Waals surface area contributed by atoms with Crippen molar-refractivity contribution in [3.8, 4) is 0 Å². The number of benzene rings is 2. The van der Waals surface area contributed by atoms with Gasteiger partial charge in [-0.2, -0.15) is 0 Å². The zero-order valence-corrected chi connectivity index (χ0v) is 15.8. The van der Waals surface area contributed by atoms with E-state index < -0.39 is 0 Å². The molecule has 2 atom stereocenters. The summed E-state index contributed by atoms with van der Waals surface area (Å²) in [6, 6.07) is 26.1. The molecular weight excluding hydrogens is 346 g/mol. The van der Waals surface area contributed by atoms with Crippen LogP contribution in [0.2, 0.25) is 0 Å². The Morgan fingerprint density at radius 2 is 1.57 bits per heavy atom. The van der Waals surface area contributed by atoms with E-state index in [0.717, 1.165) is 22.5 Å². The molecule has 0 saturated carbocycles. The lowest BCUT2D eigenvalue weighted by molar-refractivity contribution is -0.122. The molecule has 0 bridgehead atoms. The van der Waals surface area contributed by atoms with Gasteiger partial charge in [0.15, 0.2) is 0 Å². The highest BCUT2D eigenvalue weighted by atomic mass is 16.1. The molecule has 0 radical (unpaired) electrons. The predicted molar refractivity (Wildman–Crippen MR) is 111 cm³/mol. The van der Waals surface area contributed by atoms with Gasteiger partial charge in [-0.05, 0) is 30.2 Å².